The van der Waals surface area contributed by atoms with Gasteiger partial charge in [-0.2, -0.15) is 0 Å². The van der Waals surface area contributed by atoms with Crippen LogP contribution in [0.5, 0.6) is 5.75 Å². The van der Waals surface area contributed by atoms with Crippen molar-refractivity contribution in [3.63, 3.8) is 0 Å². The van der Waals surface area contributed by atoms with Crippen molar-refractivity contribution in [3.05, 3.63) is 76.1 Å². The zero-order chi connectivity index (χ0) is 18.5. The van der Waals surface area contributed by atoms with Gasteiger partial charge in [-0.05, 0) is 41.3 Å². The Morgan fingerprint density at radius 3 is 2.77 bits per heavy atom. The summed E-state index contributed by atoms with van der Waals surface area (Å²) in [6.45, 7) is -0.184. The summed E-state index contributed by atoms with van der Waals surface area (Å²) in [6.07, 6.45) is 1.84. The molecule has 2 aromatic carbocycles. The molecule has 0 radical (unpaired) electrons. The molecule has 0 fully saturated rings. The molecule has 0 aliphatic rings. The van der Waals surface area contributed by atoms with Crippen molar-refractivity contribution < 1.29 is 9.53 Å². The molecule has 1 amide bonds. The molecule has 0 saturated carbocycles. The third-order valence-corrected chi connectivity index (χ3v) is 3.86. The summed E-state index contributed by atoms with van der Waals surface area (Å²) >= 11 is 0. The first-order valence-electron chi connectivity index (χ1n) is 8.10. The van der Waals surface area contributed by atoms with Crippen molar-refractivity contribution >= 4 is 28.6 Å². The number of carbonyl (C=O) groups excluding carboxylic acids is 1. The number of pyridine rings is 1. The predicted molar refractivity (Wildman–Crippen MR) is 103 cm³/mol. The molecule has 0 atom stereocenters. The number of hydrogen-bond acceptors (Lipinski definition) is 4. The van der Waals surface area contributed by atoms with E-state index in [0.29, 0.717) is 17.0 Å². The van der Waals surface area contributed by atoms with E-state index in [9.17, 15) is 9.59 Å². The van der Waals surface area contributed by atoms with Crippen LogP contribution in [0, 0.1) is 0 Å². The Balaban J connectivity index is 1.98. The molecule has 0 saturated heterocycles. The number of hydrogen-bond donors (Lipinski definition) is 3. The standard InChI is InChI=1S/C20H19N3O3/c1-22-18(10-13-5-4-7-15(9-13)26-12-19(21)24)16-11-14-6-2-3-8-17(14)23-20(16)25/h2-11,22H,12H2,1H3,(H2,21,24)(H,23,25)/b18-10-. The van der Waals surface area contributed by atoms with Crippen LogP contribution in [0.3, 0.4) is 0 Å². The fraction of sp³-hybridized carbons (Fsp3) is 0.100. The van der Waals surface area contributed by atoms with Crippen molar-refractivity contribution in [2.24, 2.45) is 5.73 Å². The molecule has 0 bridgehead atoms. The maximum Gasteiger partial charge on any atom is 0.257 e. The highest BCUT2D eigenvalue weighted by molar-refractivity contribution is 5.86. The van der Waals surface area contributed by atoms with Crippen LogP contribution in [0.2, 0.25) is 0 Å². The molecule has 3 aromatic rings. The lowest BCUT2D eigenvalue weighted by Crippen LogP contribution is -2.20. The lowest BCUT2D eigenvalue weighted by Gasteiger charge is -2.09. The topological polar surface area (TPSA) is 97.2 Å². The van der Waals surface area contributed by atoms with Gasteiger partial charge in [0.2, 0.25) is 0 Å². The highest BCUT2D eigenvalue weighted by atomic mass is 16.5. The van der Waals surface area contributed by atoms with Crippen LogP contribution < -0.4 is 21.3 Å². The molecule has 1 aromatic heterocycles. The molecule has 3 rings (SSSR count). The van der Waals surface area contributed by atoms with Gasteiger partial charge >= 0.3 is 0 Å². The monoisotopic (exact) mass is 349 g/mol. The fourth-order valence-corrected chi connectivity index (χ4v) is 2.65. The predicted octanol–water partition coefficient (Wildman–Crippen LogP) is 2.11. The van der Waals surface area contributed by atoms with Crippen LogP contribution in [-0.2, 0) is 4.79 Å². The Bertz CT molecular complexity index is 1040. The average Bonchev–Trinajstić information content (AvgIpc) is 2.64. The molecule has 0 spiro atoms. The third kappa shape index (κ3) is 3.92. The largest absolute Gasteiger partial charge is 0.484 e. The number of aromatic amines is 1. The summed E-state index contributed by atoms with van der Waals surface area (Å²) in [5.74, 6) is -0.00928. The molecule has 26 heavy (non-hydrogen) atoms. The normalized spacial score (nSPS) is 11.3. The Morgan fingerprint density at radius 1 is 1.19 bits per heavy atom. The highest BCUT2D eigenvalue weighted by Gasteiger charge is 2.08. The summed E-state index contributed by atoms with van der Waals surface area (Å²) in [5, 5.41) is 4.01. The number of nitrogens with one attached hydrogen (secondary N) is 2. The van der Waals surface area contributed by atoms with Gasteiger partial charge in [0, 0.05) is 18.3 Å². The van der Waals surface area contributed by atoms with Crippen molar-refractivity contribution in [2.45, 2.75) is 0 Å². The number of amides is 1. The number of para-hydroxylation sites is 1. The maximum absolute atomic E-state index is 12.5. The molecular weight excluding hydrogens is 330 g/mol. The number of primary amides is 1. The van der Waals surface area contributed by atoms with Crippen molar-refractivity contribution in [1.82, 2.24) is 10.3 Å². The minimum atomic E-state index is -0.537. The average molecular weight is 349 g/mol. The summed E-state index contributed by atoms with van der Waals surface area (Å²) in [4.78, 5) is 26.2. The smallest absolute Gasteiger partial charge is 0.257 e. The second-order valence-corrected chi connectivity index (χ2v) is 5.73. The van der Waals surface area contributed by atoms with E-state index >= 15 is 0 Å². The Labute approximate surface area is 150 Å². The first-order chi connectivity index (χ1) is 12.6. The van der Waals surface area contributed by atoms with Gasteiger partial charge in [0.05, 0.1) is 5.56 Å². The van der Waals surface area contributed by atoms with Crippen LogP contribution in [0.25, 0.3) is 22.7 Å². The Morgan fingerprint density at radius 2 is 2.00 bits per heavy atom. The third-order valence-electron chi connectivity index (χ3n) is 3.86. The number of H-pyrrole nitrogens is 1. The molecule has 6 heteroatoms. The lowest BCUT2D eigenvalue weighted by molar-refractivity contribution is -0.119. The van der Waals surface area contributed by atoms with E-state index in [0.717, 1.165) is 16.5 Å². The number of nitrogens with two attached hydrogens (primary N) is 1. The fourth-order valence-electron chi connectivity index (χ4n) is 2.65. The quantitative estimate of drug-likeness (QED) is 0.635. The van der Waals surface area contributed by atoms with Crippen LogP contribution in [-0.4, -0.2) is 24.5 Å². The second kappa shape index (κ2) is 7.57. The maximum atomic E-state index is 12.5. The van der Waals surface area contributed by atoms with Crippen molar-refractivity contribution in [2.75, 3.05) is 13.7 Å². The number of fused-ring (bicyclic) bond motifs is 1. The highest BCUT2D eigenvalue weighted by Crippen LogP contribution is 2.19. The van der Waals surface area contributed by atoms with Gasteiger partial charge < -0.3 is 20.8 Å². The van der Waals surface area contributed by atoms with E-state index < -0.39 is 5.91 Å². The van der Waals surface area contributed by atoms with Crippen LogP contribution in [0.4, 0.5) is 0 Å². The van der Waals surface area contributed by atoms with Gasteiger partial charge in [0.25, 0.3) is 11.5 Å². The second-order valence-electron chi connectivity index (χ2n) is 5.73. The first-order valence-corrected chi connectivity index (χ1v) is 8.10. The van der Waals surface area contributed by atoms with E-state index in [4.69, 9.17) is 10.5 Å². The summed E-state index contributed by atoms with van der Waals surface area (Å²) in [6, 6.07) is 16.7. The summed E-state index contributed by atoms with van der Waals surface area (Å²) in [7, 11) is 1.76. The molecule has 132 valence electrons. The van der Waals surface area contributed by atoms with Crippen LogP contribution in [0.1, 0.15) is 11.1 Å². The zero-order valence-electron chi connectivity index (χ0n) is 14.3. The summed E-state index contributed by atoms with van der Waals surface area (Å²) < 4.78 is 5.32. The van der Waals surface area contributed by atoms with Gasteiger partial charge in [-0.1, -0.05) is 30.3 Å². The lowest BCUT2D eigenvalue weighted by atomic mass is 10.1. The van der Waals surface area contributed by atoms with Gasteiger partial charge in [0.1, 0.15) is 5.75 Å². The number of aromatic nitrogens is 1. The van der Waals surface area contributed by atoms with Gasteiger partial charge in [-0.15, -0.1) is 0 Å². The minimum Gasteiger partial charge on any atom is -0.484 e. The van der Waals surface area contributed by atoms with E-state index in [1.165, 1.54) is 0 Å². The molecule has 4 N–H and O–H groups in total. The number of ether oxygens (including phenoxy) is 1. The van der Waals surface area contributed by atoms with E-state index in [1.54, 1.807) is 25.2 Å². The molecule has 0 aliphatic heterocycles. The SMILES string of the molecule is CN/C(=C\c1cccc(OCC(N)=O)c1)c1cc2ccccc2[nH]c1=O. The molecular formula is C20H19N3O3. The van der Waals surface area contributed by atoms with Gasteiger partial charge in [-0.3, -0.25) is 9.59 Å². The van der Waals surface area contributed by atoms with Crippen LogP contribution in [0.15, 0.2) is 59.4 Å². The molecule has 0 unspecified atom stereocenters. The Hall–Kier alpha value is -3.54. The van der Waals surface area contributed by atoms with E-state index in [-0.39, 0.29) is 12.2 Å². The van der Waals surface area contributed by atoms with Crippen LogP contribution >= 0.6 is 0 Å². The van der Waals surface area contributed by atoms with Gasteiger partial charge in [0.15, 0.2) is 6.61 Å². The van der Waals surface area contributed by atoms with Gasteiger partial charge in [-0.25, -0.2) is 0 Å². The molecule has 6 nitrogen and oxygen atoms in total. The minimum absolute atomic E-state index is 0.176. The first kappa shape index (κ1) is 17.3. The Kier molecular flexibility index (Phi) is 5.03. The zero-order valence-corrected chi connectivity index (χ0v) is 14.3. The van der Waals surface area contributed by atoms with Crippen molar-refractivity contribution in [1.29, 1.82) is 0 Å². The molecule has 0 aliphatic carbocycles. The van der Waals surface area contributed by atoms with E-state index in [1.807, 2.05) is 42.5 Å². The number of rotatable bonds is 6. The number of carbonyl (C=O) groups is 1. The van der Waals surface area contributed by atoms with E-state index in [2.05, 4.69) is 10.3 Å². The van der Waals surface area contributed by atoms with Crippen molar-refractivity contribution in [3.8, 4) is 5.75 Å². The summed E-state index contributed by atoms with van der Waals surface area (Å²) in [5.41, 5.74) is 7.74. The number of benzene rings is 2. The molecule has 1 heterocycles.